The molecule has 6 amide bonds. The van der Waals surface area contributed by atoms with E-state index in [-0.39, 0.29) is 32.5 Å². The Morgan fingerprint density at radius 1 is 1.26 bits per heavy atom. The van der Waals surface area contributed by atoms with Crippen LogP contribution in [-0.2, 0) is 24.3 Å². The zero-order valence-electron chi connectivity index (χ0n) is 17.1. The molecule has 2 fully saturated rings. The first-order chi connectivity index (χ1) is 14.2. The number of imide groups is 1. The van der Waals surface area contributed by atoms with Crippen LogP contribution in [0.2, 0.25) is 0 Å². The zero-order valence-corrected chi connectivity index (χ0v) is 17.9. The smallest absolute Gasteiger partial charge is 0.418 e. The van der Waals surface area contributed by atoms with Gasteiger partial charge in [0.05, 0.1) is 12.6 Å². The summed E-state index contributed by atoms with van der Waals surface area (Å²) < 4.78 is 34.8. The third kappa shape index (κ3) is 6.16. The number of hydrogen-bond acceptors (Lipinski definition) is 8. The van der Waals surface area contributed by atoms with Crippen molar-refractivity contribution in [3.8, 4) is 0 Å². The van der Waals surface area contributed by atoms with Crippen LogP contribution in [0.25, 0.3) is 0 Å². The molecule has 16 heteroatoms. The molecule has 0 saturated carbocycles. The summed E-state index contributed by atoms with van der Waals surface area (Å²) in [5, 5.41) is 12.0. The SMILES string of the molecule is CC(C)(C)N(C(=O)O)C(=O)NCCONC(=O)[C@@H]1CC[C@@H]2CN1C(=O)N2OS(=O)(=O)O. The summed E-state index contributed by atoms with van der Waals surface area (Å²) >= 11 is 0. The van der Waals surface area contributed by atoms with E-state index >= 15 is 0 Å². The minimum absolute atomic E-state index is 0.0281. The van der Waals surface area contributed by atoms with E-state index < -0.39 is 52.1 Å². The molecular formula is C15H25N5O10S. The summed E-state index contributed by atoms with van der Waals surface area (Å²) in [6.45, 7) is 4.39. The highest BCUT2D eigenvalue weighted by atomic mass is 32.3. The van der Waals surface area contributed by atoms with Crippen LogP contribution in [0.4, 0.5) is 14.4 Å². The average molecular weight is 467 g/mol. The van der Waals surface area contributed by atoms with Crippen molar-refractivity contribution in [1.29, 1.82) is 0 Å². The van der Waals surface area contributed by atoms with E-state index in [0.29, 0.717) is 9.96 Å². The first-order valence-electron chi connectivity index (χ1n) is 9.22. The van der Waals surface area contributed by atoms with Gasteiger partial charge in [0.15, 0.2) is 0 Å². The molecular weight excluding hydrogens is 442 g/mol. The van der Waals surface area contributed by atoms with E-state index in [1.807, 2.05) is 0 Å². The van der Waals surface area contributed by atoms with Gasteiger partial charge in [0.1, 0.15) is 6.04 Å². The topological polar surface area (TPSA) is 195 Å². The Hall–Kier alpha value is -2.69. The van der Waals surface area contributed by atoms with Crippen LogP contribution in [-0.4, -0.2) is 94.3 Å². The van der Waals surface area contributed by atoms with E-state index in [0.717, 1.165) is 4.90 Å². The van der Waals surface area contributed by atoms with Crippen LogP contribution in [0, 0.1) is 0 Å². The predicted octanol–water partition coefficient (Wildman–Crippen LogP) is -0.475. The van der Waals surface area contributed by atoms with Gasteiger partial charge in [-0.25, -0.2) is 24.8 Å². The lowest BCUT2D eigenvalue weighted by atomic mass is 10.0. The molecule has 0 aromatic rings. The van der Waals surface area contributed by atoms with E-state index in [4.69, 9.17) is 14.5 Å². The van der Waals surface area contributed by atoms with Gasteiger partial charge in [-0.2, -0.15) is 13.5 Å². The second kappa shape index (κ2) is 9.21. The Labute approximate surface area is 178 Å². The number of carbonyl (C=O) groups excluding carboxylic acids is 3. The van der Waals surface area contributed by atoms with Gasteiger partial charge in [-0.05, 0) is 33.6 Å². The molecule has 0 spiro atoms. The van der Waals surface area contributed by atoms with Gasteiger partial charge < -0.3 is 15.3 Å². The lowest BCUT2D eigenvalue weighted by molar-refractivity contribution is -0.138. The highest BCUT2D eigenvalue weighted by Gasteiger charge is 2.49. The van der Waals surface area contributed by atoms with Crippen molar-refractivity contribution in [3.63, 3.8) is 0 Å². The molecule has 2 atom stereocenters. The molecule has 0 unspecified atom stereocenters. The van der Waals surface area contributed by atoms with Crippen LogP contribution in [0.15, 0.2) is 0 Å². The van der Waals surface area contributed by atoms with Crippen LogP contribution < -0.4 is 10.8 Å². The van der Waals surface area contributed by atoms with Crippen molar-refractivity contribution >= 4 is 34.5 Å². The molecule has 0 aromatic carbocycles. The molecule has 0 aromatic heterocycles. The normalized spacial score (nSPS) is 21.1. The third-order valence-corrected chi connectivity index (χ3v) is 4.87. The van der Waals surface area contributed by atoms with Crippen LogP contribution in [0.3, 0.4) is 0 Å². The van der Waals surface area contributed by atoms with Crippen LogP contribution in [0.5, 0.6) is 0 Å². The molecule has 2 rings (SSSR count). The van der Waals surface area contributed by atoms with E-state index in [9.17, 15) is 27.6 Å². The minimum Gasteiger partial charge on any atom is -0.465 e. The number of piperidine rings is 1. The van der Waals surface area contributed by atoms with E-state index in [1.165, 1.54) is 0 Å². The standard InChI is InChI=1S/C15H25N5O10S/c1-15(2,3)19(14(24)25)12(22)16-6-7-29-17-11(21)10-5-4-9-8-18(10)13(23)20(9)30-31(26,27)28/h9-10H,4-8H2,1-3H3,(H,16,22)(H,17,21)(H,24,25)(H,26,27,28)/t9-,10+/m1/s1. The number of nitrogens with one attached hydrogen (secondary N) is 2. The molecule has 15 nitrogen and oxygen atoms in total. The van der Waals surface area contributed by atoms with Crippen molar-refractivity contribution < 1.29 is 46.4 Å². The number of rotatable bonds is 7. The van der Waals surface area contributed by atoms with Crippen LogP contribution in [0.1, 0.15) is 33.6 Å². The molecule has 2 saturated heterocycles. The number of hydrogen-bond donors (Lipinski definition) is 4. The summed E-state index contributed by atoms with van der Waals surface area (Å²) in [6.07, 6.45) is -0.964. The van der Waals surface area contributed by atoms with Crippen molar-refractivity contribution in [2.45, 2.75) is 51.2 Å². The largest absolute Gasteiger partial charge is 0.465 e. The average Bonchev–Trinajstić information content (AvgIpc) is 2.83. The van der Waals surface area contributed by atoms with Gasteiger partial charge in [0.2, 0.25) is 0 Å². The van der Waals surface area contributed by atoms with Crippen molar-refractivity contribution in [2.75, 3.05) is 19.7 Å². The Morgan fingerprint density at radius 2 is 1.90 bits per heavy atom. The molecule has 2 aliphatic rings. The maximum absolute atomic E-state index is 12.3. The monoisotopic (exact) mass is 467 g/mol. The summed E-state index contributed by atoms with van der Waals surface area (Å²) in [5.41, 5.74) is 1.17. The number of hydroxylamine groups is 3. The molecule has 2 bridgehead atoms. The quantitative estimate of drug-likeness (QED) is 0.216. The summed E-state index contributed by atoms with van der Waals surface area (Å²) in [6, 6.07) is -3.32. The second-order valence-corrected chi connectivity index (χ2v) is 8.85. The number of carboxylic acid groups (broad SMARTS) is 1. The fourth-order valence-corrected chi connectivity index (χ4v) is 3.65. The van der Waals surface area contributed by atoms with E-state index in [2.05, 4.69) is 15.1 Å². The van der Waals surface area contributed by atoms with Gasteiger partial charge >= 0.3 is 28.6 Å². The van der Waals surface area contributed by atoms with Gasteiger partial charge in [-0.15, -0.1) is 4.28 Å². The highest BCUT2D eigenvalue weighted by Crippen LogP contribution is 2.30. The third-order valence-electron chi connectivity index (χ3n) is 4.52. The molecule has 2 aliphatic heterocycles. The molecule has 0 radical (unpaired) electrons. The first-order valence-corrected chi connectivity index (χ1v) is 10.6. The molecule has 0 aliphatic carbocycles. The lowest BCUT2D eigenvalue weighted by Gasteiger charge is -2.31. The number of carbonyl (C=O) groups is 4. The number of urea groups is 2. The highest BCUT2D eigenvalue weighted by molar-refractivity contribution is 7.80. The minimum atomic E-state index is -4.89. The Balaban J connectivity index is 1.79. The van der Waals surface area contributed by atoms with Crippen LogP contribution >= 0.6 is 0 Å². The number of fused-ring (bicyclic) bond motifs is 2. The number of nitrogens with zero attached hydrogens (tertiary/aromatic N) is 3. The fraction of sp³-hybridized carbons (Fsp3) is 0.733. The first kappa shape index (κ1) is 24.6. The zero-order chi connectivity index (χ0) is 23.6. The Kier molecular flexibility index (Phi) is 7.30. The maximum atomic E-state index is 12.3. The maximum Gasteiger partial charge on any atom is 0.418 e. The van der Waals surface area contributed by atoms with Gasteiger partial charge in [-0.3, -0.25) is 14.2 Å². The van der Waals surface area contributed by atoms with Crippen molar-refractivity contribution in [2.24, 2.45) is 0 Å². The van der Waals surface area contributed by atoms with Gasteiger partial charge in [0.25, 0.3) is 5.91 Å². The Bertz CT molecular complexity index is 842. The summed E-state index contributed by atoms with van der Waals surface area (Å²) in [7, 11) is -4.89. The van der Waals surface area contributed by atoms with Crippen molar-refractivity contribution in [3.05, 3.63) is 0 Å². The molecule has 176 valence electrons. The molecule has 2 heterocycles. The molecule has 4 N–H and O–H groups in total. The number of amides is 6. The Morgan fingerprint density at radius 3 is 2.45 bits per heavy atom. The second-order valence-electron chi connectivity index (χ2n) is 7.85. The van der Waals surface area contributed by atoms with Gasteiger partial charge in [-0.1, -0.05) is 0 Å². The predicted molar refractivity (Wildman–Crippen MR) is 100 cm³/mol. The lowest BCUT2D eigenvalue weighted by Crippen LogP contribution is -2.53. The van der Waals surface area contributed by atoms with Gasteiger partial charge in [0, 0.05) is 18.6 Å². The van der Waals surface area contributed by atoms with E-state index in [1.54, 1.807) is 20.8 Å². The molecule has 31 heavy (non-hydrogen) atoms. The summed E-state index contributed by atoms with van der Waals surface area (Å²) in [5.74, 6) is -0.673. The fourth-order valence-electron chi connectivity index (χ4n) is 3.26. The summed E-state index contributed by atoms with van der Waals surface area (Å²) in [4.78, 5) is 54.5. The van der Waals surface area contributed by atoms with Crippen molar-refractivity contribution in [1.82, 2.24) is 25.7 Å².